The van der Waals surface area contributed by atoms with E-state index in [1.807, 2.05) is 12.1 Å². The van der Waals surface area contributed by atoms with Crippen LogP contribution in [-0.4, -0.2) is 71.1 Å². The Kier molecular flexibility index (Phi) is 11.2. The number of hydrogen-bond donors (Lipinski definition) is 4. The molecule has 41 heavy (non-hydrogen) atoms. The van der Waals surface area contributed by atoms with Crippen molar-refractivity contribution in [3.63, 3.8) is 0 Å². The third kappa shape index (κ3) is 9.34. The molecular weight excluding hydrogens is 534 g/mol. The summed E-state index contributed by atoms with van der Waals surface area (Å²) in [5.74, 6) is 0.401. The number of benzene rings is 2. The standard InChI is InChI=1S/C29H36F2N6O4/c1-2-29(30,31)41-25-14-21(13-24(17-25)40-12-9-38)18-32-6-3-4-10-39-11-8-33-27-15-23(22-5-7-34-35-19-22)16-28-26(27)20-36-37-28/h5,7,13-17,19-20,32-33,38H,2-4,6,8-12,18H2,1H3,(H,36,37). The third-order valence-corrected chi connectivity index (χ3v) is 6.24. The molecule has 0 aliphatic heterocycles. The Hall–Kier alpha value is -3.87. The molecule has 4 N–H and O–H groups in total. The van der Waals surface area contributed by atoms with E-state index >= 15 is 0 Å². The summed E-state index contributed by atoms with van der Waals surface area (Å²) in [5, 5.41) is 31.8. The number of nitrogens with zero attached hydrogens (tertiary/aromatic N) is 3. The van der Waals surface area contributed by atoms with Crippen LogP contribution in [0.25, 0.3) is 22.0 Å². The van der Waals surface area contributed by atoms with Crippen LogP contribution in [0.15, 0.2) is 55.0 Å². The zero-order valence-electron chi connectivity index (χ0n) is 23.0. The predicted octanol–water partition coefficient (Wildman–Crippen LogP) is 4.77. The number of rotatable bonds is 18. The number of H-pyrrole nitrogens is 1. The molecule has 220 valence electrons. The summed E-state index contributed by atoms with van der Waals surface area (Å²) in [7, 11) is 0. The highest BCUT2D eigenvalue weighted by atomic mass is 19.3. The lowest BCUT2D eigenvalue weighted by Gasteiger charge is -2.18. The summed E-state index contributed by atoms with van der Waals surface area (Å²) in [6.45, 7) is 4.28. The fourth-order valence-corrected chi connectivity index (χ4v) is 4.16. The molecular formula is C29H36F2N6O4. The molecule has 0 amide bonds. The van der Waals surface area contributed by atoms with Crippen LogP contribution in [0, 0.1) is 0 Å². The molecule has 2 aromatic heterocycles. The Morgan fingerprint density at radius 1 is 0.951 bits per heavy atom. The second-order valence-electron chi connectivity index (χ2n) is 9.39. The molecule has 0 aliphatic rings. The van der Waals surface area contributed by atoms with E-state index < -0.39 is 12.5 Å². The number of aromatic amines is 1. The smallest absolute Gasteiger partial charge is 0.397 e. The maximum absolute atomic E-state index is 13.7. The molecule has 0 bridgehead atoms. The van der Waals surface area contributed by atoms with E-state index in [2.05, 4.69) is 37.1 Å². The molecule has 0 spiro atoms. The number of aliphatic hydroxyl groups excluding tert-OH is 1. The van der Waals surface area contributed by atoms with Crippen molar-refractivity contribution in [3.05, 3.63) is 60.6 Å². The monoisotopic (exact) mass is 570 g/mol. The van der Waals surface area contributed by atoms with Crippen molar-refractivity contribution in [1.82, 2.24) is 25.7 Å². The molecule has 4 aromatic rings. The summed E-state index contributed by atoms with van der Waals surface area (Å²) in [4.78, 5) is 0. The van der Waals surface area contributed by atoms with E-state index in [1.165, 1.54) is 13.0 Å². The van der Waals surface area contributed by atoms with Gasteiger partial charge in [-0.05, 0) is 60.8 Å². The molecule has 2 heterocycles. The number of ether oxygens (including phenoxy) is 3. The predicted molar refractivity (Wildman–Crippen MR) is 152 cm³/mol. The quantitative estimate of drug-likeness (QED) is 0.125. The summed E-state index contributed by atoms with van der Waals surface area (Å²) in [6, 6.07) is 10.7. The van der Waals surface area contributed by atoms with Crippen LogP contribution in [-0.2, 0) is 11.3 Å². The van der Waals surface area contributed by atoms with E-state index in [1.54, 1.807) is 30.7 Å². The van der Waals surface area contributed by atoms with Gasteiger partial charge in [-0.25, -0.2) is 0 Å². The number of unbranched alkanes of at least 4 members (excludes halogenated alkanes) is 1. The summed E-state index contributed by atoms with van der Waals surface area (Å²) < 4.78 is 43.5. The van der Waals surface area contributed by atoms with Crippen molar-refractivity contribution < 1.29 is 28.1 Å². The molecule has 0 radical (unpaired) electrons. The minimum Gasteiger partial charge on any atom is -0.491 e. The first-order valence-electron chi connectivity index (χ1n) is 13.7. The number of fused-ring (bicyclic) bond motifs is 1. The largest absolute Gasteiger partial charge is 0.491 e. The van der Waals surface area contributed by atoms with Gasteiger partial charge in [0, 0.05) is 48.8 Å². The highest BCUT2D eigenvalue weighted by Gasteiger charge is 2.29. The molecule has 0 fully saturated rings. The Balaban J connectivity index is 1.15. The summed E-state index contributed by atoms with van der Waals surface area (Å²) in [5.41, 5.74) is 4.63. The van der Waals surface area contributed by atoms with Gasteiger partial charge in [0.05, 0.1) is 37.3 Å². The van der Waals surface area contributed by atoms with E-state index in [-0.39, 0.29) is 19.0 Å². The van der Waals surface area contributed by atoms with Crippen LogP contribution in [0.1, 0.15) is 31.7 Å². The van der Waals surface area contributed by atoms with Crippen LogP contribution in [0.2, 0.25) is 0 Å². The Labute approximate surface area is 237 Å². The number of alkyl halides is 2. The molecule has 4 rings (SSSR count). The minimum absolute atomic E-state index is 0.0284. The number of aliphatic hydroxyl groups is 1. The SMILES string of the molecule is CCC(F)(F)Oc1cc(CNCCCCOCCNc2cc(-c3ccnnc3)cc3[nH]ncc23)cc(OCCO)c1. The van der Waals surface area contributed by atoms with Gasteiger partial charge in [-0.1, -0.05) is 6.92 Å². The molecule has 0 saturated carbocycles. The van der Waals surface area contributed by atoms with Gasteiger partial charge in [0.15, 0.2) is 0 Å². The van der Waals surface area contributed by atoms with Gasteiger partial charge in [-0.3, -0.25) is 5.10 Å². The van der Waals surface area contributed by atoms with Crippen molar-refractivity contribution in [1.29, 1.82) is 0 Å². The van der Waals surface area contributed by atoms with E-state index in [0.717, 1.165) is 52.7 Å². The summed E-state index contributed by atoms with van der Waals surface area (Å²) in [6.07, 6.45) is 3.26. The fourth-order valence-electron chi connectivity index (χ4n) is 4.16. The highest BCUT2D eigenvalue weighted by Crippen LogP contribution is 2.30. The Morgan fingerprint density at radius 2 is 1.83 bits per heavy atom. The van der Waals surface area contributed by atoms with Crippen molar-refractivity contribution >= 4 is 16.6 Å². The second-order valence-corrected chi connectivity index (χ2v) is 9.39. The average molecular weight is 571 g/mol. The maximum Gasteiger partial charge on any atom is 0.397 e. The molecule has 12 heteroatoms. The zero-order chi connectivity index (χ0) is 28.9. The van der Waals surface area contributed by atoms with Crippen LogP contribution in [0.4, 0.5) is 14.5 Å². The van der Waals surface area contributed by atoms with E-state index in [9.17, 15) is 8.78 Å². The lowest BCUT2D eigenvalue weighted by atomic mass is 10.1. The number of nitrogens with one attached hydrogen (secondary N) is 3. The van der Waals surface area contributed by atoms with Crippen LogP contribution < -0.4 is 20.1 Å². The van der Waals surface area contributed by atoms with Crippen molar-refractivity contribution in [2.45, 2.75) is 38.8 Å². The first kappa shape index (κ1) is 30.1. The first-order chi connectivity index (χ1) is 20.0. The lowest BCUT2D eigenvalue weighted by Crippen LogP contribution is -2.23. The average Bonchev–Trinajstić information content (AvgIpc) is 3.46. The minimum atomic E-state index is -3.26. The Morgan fingerprint density at radius 3 is 2.63 bits per heavy atom. The fraction of sp³-hybridized carbons (Fsp3) is 0.414. The molecule has 2 aromatic carbocycles. The third-order valence-electron chi connectivity index (χ3n) is 6.24. The summed E-state index contributed by atoms with van der Waals surface area (Å²) >= 11 is 0. The highest BCUT2D eigenvalue weighted by molar-refractivity contribution is 5.95. The number of aromatic nitrogens is 4. The molecule has 0 atom stereocenters. The van der Waals surface area contributed by atoms with Gasteiger partial charge in [-0.2, -0.15) is 24.1 Å². The van der Waals surface area contributed by atoms with Crippen molar-refractivity contribution in [3.8, 4) is 22.6 Å². The van der Waals surface area contributed by atoms with Crippen molar-refractivity contribution in [2.75, 3.05) is 44.8 Å². The molecule has 0 aliphatic carbocycles. The van der Waals surface area contributed by atoms with Crippen molar-refractivity contribution in [2.24, 2.45) is 0 Å². The molecule has 0 unspecified atom stereocenters. The zero-order valence-corrected chi connectivity index (χ0v) is 23.0. The normalized spacial score (nSPS) is 11.6. The van der Waals surface area contributed by atoms with Gasteiger partial charge < -0.3 is 30.0 Å². The number of hydrogen-bond acceptors (Lipinski definition) is 9. The van der Waals surface area contributed by atoms with Crippen LogP contribution in [0.3, 0.4) is 0 Å². The van der Waals surface area contributed by atoms with Gasteiger partial charge in [0.1, 0.15) is 18.1 Å². The molecule has 10 nitrogen and oxygen atoms in total. The second kappa shape index (κ2) is 15.2. The maximum atomic E-state index is 13.7. The van der Waals surface area contributed by atoms with Gasteiger partial charge in [0.2, 0.25) is 0 Å². The van der Waals surface area contributed by atoms with Gasteiger partial charge in [0.25, 0.3) is 0 Å². The Bertz CT molecular complexity index is 1360. The van der Waals surface area contributed by atoms with Crippen LogP contribution in [0.5, 0.6) is 11.5 Å². The number of halogens is 2. The first-order valence-corrected chi connectivity index (χ1v) is 13.7. The van der Waals surface area contributed by atoms with E-state index in [0.29, 0.717) is 32.1 Å². The topological polar surface area (TPSA) is 126 Å². The number of anilines is 1. The van der Waals surface area contributed by atoms with Gasteiger partial charge >= 0.3 is 6.11 Å². The van der Waals surface area contributed by atoms with Gasteiger partial charge in [-0.15, -0.1) is 0 Å². The van der Waals surface area contributed by atoms with E-state index in [4.69, 9.17) is 19.3 Å². The molecule has 0 saturated heterocycles. The van der Waals surface area contributed by atoms with Crippen LogP contribution >= 0.6 is 0 Å². The lowest BCUT2D eigenvalue weighted by molar-refractivity contribution is -0.177.